The molecule has 0 bridgehead atoms. The number of hydrogen-bond donors (Lipinski definition) is 2. The maximum Gasteiger partial charge on any atom is 0.255 e. The molecule has 0 aromatic heterocycles. The maximum atomic E-state index is 14.2. The molecule has 2 N–H and O–H groups in total. The molecule has 1 amide bonds. The Hall–Kier alpha value is -2.29. The zero-order valence-corrected chi connectivity index (χ0v) is 17.4. The number of rotatable bonds is 6. The number of sulfonamides is 1. The molecule has 2 aromatic carbocycles. The molecule has 0 radical (unpaired) electrons. The number of hydrogen-bond acceptors (Lipinski definition) is 4. The van der Waals surface area contributed by atoms with Crippen LogP contribution in [0.15, 0.2) is 54.6 Å². The topological polar surface area (TPSA) is 78.5 Å². The van der Waals surface area contributed by atoms with E-state index in [1.165, 1.54) is 32.3 Å². The molecular formula is C21H26FN3O3S. The zero-order valence-electron chi connectivity index (χ0n) is 16.6. The van der Waals surface area contributed by atoms with Crippen LogP contribution in [-0.4, -0.2) is 51.2 Å². The first-order chi connectivity index (χ1) is 13.8. The number of amides is 1. The van der Waals surface area contributed by atoms with Crippen molar-refractivity contribution < 1.29 is 17.6 Å². The summed E-state index contributed by atoms with van der Waals surface area (Å²) < 4.78 is 42.0. The van der Waals surface area contributed by atoms with Crippen molar-refractivity contribution in [3.63, 3.8) is 0 Å². The molecule has 1 unspecified atom stereocenters. The van der Waals surface area contributed by atoms with E-state index in [0.29, 0.717) is 25.9 Å². The zero-order chi connectivity index (χ0) is 21.1. The van der Waals surface area contributed by atoms with E-state index in [9.17, 15) is 17.6 Å². The normalized spacial score (nSPS) is 17.7. The Morgan fingerprint density at radius 1 is 1.07 bits per heavy atom. The monoisotopic (exact) mass is 419 g/mol. The van der Waals surface area contributed by atoms with Crippen molar-refractivity contribution in [1.82, 2.24) is 14.9 Å². The second-order valence-corrected chi connectivity index (χ2v) is 9.66. The highest BCUT2D eigenvalue weighted by Gasteiger charge is 2.49. The van der Waals surface area contributed by atoms with Crippen molar-refractivity contribution in [2.45, 2.75) is 23.6 Å². The van der Waals surface area contributed by atoms with Gasteiger partial charge in [-0.15, -0.1) is 0 Å². The molecule has 1 saturated heterocycles. The first-order valence-corrected chi connectivity index (χ1v) is 11.0. The Labute approximate surface area is 171 Å². The van der Waals surface area contributed by atoms with E-state index >= 15 is 0 Å². The lowest BCUT2D eigenvalue weighted by molar-refractivity contribution is 0.0920. The first kappa shape index (κ1) is 21.4. The Morgan fingerprint density at radius 2 is 1.66 bits per heavy atom. The second-order valence-electron chi connectivity index (χ2n) is 7.43. The molecule has 8 heteroatoms. The Kier molecular flexibility index (Phi) is 6.36. The molecule has 6 nitrogen and oxygen atoms in total. The molecule has 1 fully saturated rings. The van der Waals surface area contributed by atoms with Gasteiger partial charge in [0.1, 0.15) is 5.82 Å². The minimum atomic E-state index is -3.91. The third kappa shape index (κ3) is 4.19. The molecule has 29 heavy (non-hydrogen) atoms. The van der Waals surface area contributed by atoms with Crippen molar-refractivity contribution in [2.24, 2.45) is 0 Å². The number of nitrogens with zero attached hydrogens (tertiary/aromatic N) is 1. The van der Waals surface area contributed by atoms with Gasteiger partial charge in [-0.1, -0.05) is 42.5 Å². The minimum Gasteiger partial charge on any atom is -0.333 e. The Morgan fingerprint density at radius 3 is 2.24 bits per heavy atom. The highest BCUT2D eigenvalue weighted by atomic mass is 32.2. The number of carbonyl (C=O) groups is 1. The lowest BCUT2D eigenvalue weighted by atomic mass is 9.72. The summed E-state index contributed by atoms with van der Waals surface area (Å²) in [5.74, 6) is -1.43. The third-order valence-corrected chi connectivity index (χ3v) is 7.72. The van der Waals surface area contributed by atoms with Gasteiger partial charge in [0, 0.05) is 19.5 Å². The fourth-order valence-electron chi connectivity index (χ4n) is 3.90. The number of nitrogens with one attached hydrogen (secondary N) is 2. The predicted octanol–water partition coefficient (Wildman–Crippen LogP) is 2.09. The van der Waals surface area contributed by atoms with Crippen LogP contribution in [-0.2, 0) is 15.4 Å². The van der Waals surface area contributed by atoms with Crippen LogP contribution < -0.4 is 10.6 Å². The molecule has 1 aliphatic heterocycles. The fourth-order valence-corrected chi connectivity index (χ4v) is 5.52. The van der Waals surface area contributed by atoms with E-state index in [1.807, 2.05) is 30.3 Å². The summed E-state index contributed by atoms with van der Waals surface area (Å²) >= 11 is 0. The van der Waals surface area contributed by atoms with Crippen LogP contribution >= 0.6 is 0 Å². The third-order valence-electron chi connectivity index (χ3n) is 5.53. The van der Waals surface area contributed by atoms with Crippen LogP contribution in [0.3, 0.4) is 0 Å². The Bertz CT molecular complexity index is 958. The maximum absolute atomic E-state index is 14.2. The van der Waals surface area contributed by atoms with E-state index in [4.69, 9.17) is 0 Å². The highest BCUT2D eigenvalue weighted by molar-refractivity contribution is 7.89. The lowest BCUT2D eigenvalue weighted by Gasteiger charge is -2.44. The fraction of sp³-hybridized carbons (Fsp3) is 0.381. The van der Waals surface area contributed by atoms with Crippen molar-refractivity contribution in [1.29, 1.82) is 0 Å². The summed E-state index contributed by atoms with van der Waals surface area (Å²) in [4.78, 5) is 12.9. The van der Waals surface area contributed by atoms with Gasteiger partial charge in [0.15, 0.2) is 5.37 Å². The summed E-state index contributed by atoms with van der Waals surface area (Å²) in [5, 5.41) is 4.69. The van der Waals surface area contributed by atoms with E-state index in [2.05, 4.69) is 10.6 Å². The van der Waals surface area contributed by atoms with Crippen LogP contribution in [0.1, 0.15) is 28.8 Å². The molecule has 156 valence electrons. The SMILES string of the molecule is CN(C)S(=O)(=O)C(NC(=O)c1ccccc1F)C1(c2ccccc2)CCNCC1. The molecule has 1 heterocycles. The average Bonchev–Trinajstić information content (AvgIpc) is 2.73. The molecule has 2 aromatic rings. The molecule has 0 saturated carbocycles. The van der Waals surface area contributed by atoms with Crippen molar-refractivity contribution in [3.8, 4) is 0 Å². The lowest BCUT2D eigenvalue weighted by Crippen LogP contribution is -2.60. The van der Waals surface area contributed by atoms with Crippen molar-refractivity contribution in [3.05, 3.63) is 71.5 Å². The van der Waals surface area contributed by atoms with Gasteiger partial charge in [0.2, 0.25) is 10.0 Å². The van der Waals surface area contributed by atoms with Crippen molar-refractivity contribution >= 4 is 15.9 Å². The van der Waals surface area contributed by atoms with Crippen molar-refractivity contribution in [2.75, 3.05) is 27.2 Å². The van der Waals surface area contributed by atoms with Crippen LogP contribution in [0.2, 0.25) is 0 Å². The van der Waals surface area contributed by atoms with Gasteiger partial charge >= 0.3 is 0 Å². The smallest absolute Gasteiger partial charge is 0.255 e. The molecule has 3 rings (SSSR count). The number of carbonyl (C=O) groups excluding carboxylic acids is 1. The van der Waals surface area contributed by atoms with E-state index in [1.54, 1.807) is 6.07 Å². The molecule has 0 spiro atoms. The quantitative estimate of drug-likeness (QED) is 0.752. The van der Waals surface area contributed by atoms with Gasteiger partial charge in [-0.05, 0) is 43.6 Å². The standard InChI is InChI=1S/C21H26FN3O3S/c1-25(2)29(27,28)20(24-19(26)17-10-6-7-11-18(17)22)21(12-14-23-15-13-21)16-8-4-3-5-9-16/h3-11,20,23H,12-15H2,1-2H3,(H,24,26). The average molecular weight is 420 g/mol. The molecule has 1 aliphatic rings. The second kappa shape index (κ2) is 8.61. The molecule has 0 aliphatic carbocycles. The summed E-state index contributed by atoms with van der Waals surface area (Å²) in [6.45, 7) is 1.23. The summed E-state index contributed by atoms with van der Waals surface area (Å²) in [7, 11) is -1.03. The van der Waals surface area contributed by atoms with Gasteiger partial charge in [-0.25, -0.2) is 17.1 Å². The minimum absolute atomic E-state index is 0.177. The first-order valence-electron chi connectivity index (χ1n) is 9.52. The number of benzene rings is 2. The van der Waals surface area contributed by atoms with Gasteiger partial charge in [0.25, 0.3) is 5.91 Å². The predicted molar refractivity (Wildman–Crippen MR) is 110 cm³/mol. The van der Waals surface area contributed by atoms with Gasteiger partial charge in [0.05, 0.1) is 5.56 Å². The van der Waals surface area contributed by atoms with Crippen LogP contribution in [0.25, 0.3) is 0 Å². The molecular weight excluding hydrogens is 393 g/mol. The van der Waals surface area contributed by atoms with Crippen LogP contribution in [0.4, 0.5) is 4.39 Å². The van der Waals surface area contributed by atoms with E-state index < -0.39 is 32.5 Å². The van der Waals surface area contributed by atoms with Gasteiger partial charge in [-0.3, -0.25) is 4.79 Å². The van der Waals surface area contributed by atoms with Crippen LogP contribution in [0.5, 0.6) is 0 Å². The number of halogens is 1. The summed E-state index contributed by atoms with van der Waals surface area (Å²) in [6.07, 6.45) is 1.04. The largest absolute Gasteiger partial charge is 0.333 e. The van der Waals surface area contributed by atoms with E-state index in [0.717, 1.165) is 9.87 Å². The van der Waals surface area contributed by atoms with Crippen LogP contribution in [0, 0.1) is 5.82 Å². The highest BCUT2D eigenvalue weighted by Crippen LogP contribution is 2.39. The summed E-state index contributed by atoms with van der Waals surface area (Å²) in [6, 6.07) is 14.9. The Balaban J connectivity index is 2.11. The summed E-state index contributed by atoms with van der Waals surface area (Å²) in [5.41, 5.74) is -0.175. The van der Waals surface area contributed by atoms with E-state index in [-0.39, 0.29) is 5.56 Å². The van der Waals surface area contributed by atoms with Gasteiger partial charge in [-0.2, -0.15) is 0 Å². The number of piperidine rings is 1. The molecule has 1 atom stereocenters. The van der Waals surface area contributed by atoms with Gasteiger partial charge < -0.3 is 10.6 Å².